The number of phenols is 1. The Labute approximate surface area is 219 Å². The number of nitrogens with two attached hydrogens (primary N) is 1. The highest BCUT2D eigenvalue weighted by atomic mass is 16.6. The number of unbranched alkanes of at least 4 members (excludes halogenated alkanes) is 2. The molecule has 4 atom stereocenters. The zero-order valence-electron chi connectivity index (χ0n) is 22.8. The average molecular weight is 519 g/mol. The summed E-state index contributed by atoms with van der Waals surface area (Å²) in [6.07, 6.45) is 1.97. The van der Waals surface area contributed by atoms with Crippen molar-refractivity contribution in [1.29, 1.82) is 0 Å². The molecule has 1 aromatic carbocycles. The first-order chi connectivity index (χ1) is 17.3. The van der Waals surface area contributed by atoms with Crippen molar-refractivity contribution in [2.75, 3.05) is 6.54 Å². The van der Waals surface area contributed by atoms with E-state index in [4.69, 9.17) is 10.5 Å². The van der Waals surface area contributed by atoms with Crippen LogP contribution in [0.2, 0.25) is 0 Å². The fourth-order valence-electron chi connectivity index (χ4n) is 4.21. The molecular weight excluding hydrogens is 476 g/mol. The smallest absolute Gasteiger partial charge is 0.408 e. The number of hydrogen-bond acceptors (Lipinski definition) is 6. The topological polar surface area (TPSA) is 151 Å². The van der Waals surface area contributed by atoms with Crippen molar-refractivity contribution >= 4 is 23.8 Å². The molecule has 37 heavy (non-hydrogen) atoms. The minimum Gasteiger partial charge on any atom is -0.507 e. The third-order valence-electron chi connectivity index (χ3n) is 6.24. The number of aryl methyl sites for hydroxylation is 1. The molecule has 4 amide bonds. The van der Waals surface area contributed by atoms with Gasteiger partial charge in [0.05, 0.1) is 6.42 Å². The number of para-hydroxylation sites is 1. The predicted octanol–water partition coefficient (Wildman–Crippen LogP) is 3.05. The molecular formula is C27H42N4O6. The number of carbonyl (C=O) groups excluding carboxylic acids is 4. The number of ether oxygens (including phenoxy) is 1. The molecule has 0 aliphatic heterocycles. The maximum Gasteiger partial charge on any atom is 0.408 e. The summed E-state index contributed by atoms with van der Waals surface area (Å²) in [6.45, 7) is 11.2. The summed E-state index contributed by atoms with van der Waals surface area (Å²) < 4.78 is 5.29. The summed E-state index contributed by atoms with van der Waals surface area (Å²) in [5.74, 6) is -1.89. The quantitative estimate of drug-likeness (QED) is 0.312. The molecule has 0 aromatic heterocycles. The number of primary amides is 1. The SMILES string of the molecule is CCCCCNC(=O)C(c1cccc(C)c1O)N(C(=O)C(CC(N)=O)NC(=O)OC(C)(C)C)C1CC1C. The number of amides is 4. The van der Waals surface area contributed by atoms with Gasteiger partial charge in [0.1, 0.15) is 23.4 Å². The van der Waals surface area contributed by atoms with Crippen LogP contribution in [0.3, 0.4) is 0 Å². The maximum atomic E-state index is 14.0. The highest BCUT2D eigenvalue weighted by Crippen LogP contribution is 2.42. The molecule has 1 aliphatic carbocycles. The maximum absolute atomic E-state index is 14.0. The van der Waals surface area contributed by atoms with Gasteiger partial charge >= 0.3 is 6.09 Å². The molecule has 0 heterocycles. The van der Waals surface area contributed by atoms with E-state index in [1.54, 1.807) is 45.9 Å². The third kappa shape index (κ3) is 8.65. The van der Waals surface area contributed by atoms with Gasteiger partial charge in [0.25, 0.3) is 0 Å². The van der Waals surface area contributed by atoms with Crippen LogP contribution < -0.4 is 16.4 Å². The lowest BCUT2D eigenvalue weighted by atomic mass is 9.98. The fourth-order valence-corrected chi connectivity index (χ4v) is 4.21. The molecule has 5 N–H and O–H groups in total. The summed E-state index contributed by atoms with van der Waals surface area (Å²) in [6, 6.07) is 2.19. The highest BCUT2D eigenvalue weighted by molar-refractivity contribution is 5.95. The van der Waals surface area contributed by atoms with Crippen molar-refractivity contribution in [2.24, 2.45) is 11.7 Å². The molecule has 10 nitrogen and oxygen atoms in total. The number of nitrogens with zero attached hydrogens (tertiary/aromatic N) is 1. The van der Waals surface area contributed by atoms with Gasteiger partial charge in [-0.1, -0.05) is 44.9 Å². The minimum atomic E-state index is -1.34. The van der Waals surface area contributed by atoms with Crippen molar-refractivity contribution < 1.29 is 29.0 Å². The van der Waals surface area contributed by atoms with E-state index < -0.39 is 47.9 Å². The second-order valence-corrected chi connectivity index (χ2v) is 10.8. The Balaban J connectivity index is 2.50. The summed E-state index contributed by atoms with van der Waals surface area (Å²) in [7, 11) is 0. The average Bonchev–Trinajstić information content (AvgIpc) is 3.50. The van der Waals surface area contributed by atoms with Crippen LogP contribution in [-0.2, 0) is 19.1 Å². The number of carbonyl (C=O) groups is 4. The molecule has 0 bridgehead atoms. The van der Waals surface area contributed by atoms with E-state index in [0.29, 0.717) is 18.5 Å². The number of nitrogens with one attached hydrogen (secondary N) is 2. The van der Waals surface area contributed by atoms with Gasteiger partial charge in [-0.05, 0) is 52.0 Å². The van der Waals surface area contributed by atoms with Gasteiger partial charge in [0, 0.05) is 18.2 Å². The van der Waals surface area contributed by atoms with Crippen LogP contribution >= 0.6 is 0 Å². The van der Waals surface area contributed by atoms with E-state index in [1.165, 1.54) is 4.90 Å². The number of benzene rings is 1. The number of rotatable bonds is 12. The predicted molar refractivity (Wildman–Crippen MR) is 140 cm³/mol. The zero-order chi connectivity index (χ0) is 27.9. The zero-order valence-corrected chi connectivity index (χ0v) is 22.8. The second kappa shape index (κ2) is 12.8. The fraction of sp³-hybridized carbons (Fsp3) is 0.630. The Morgan fingerprint density at radius 3 is 2.41 bits per heavy atom. The largest absolute Gasteiger partial charge is 0.507 e. The highest BCUT2D eigenvalue weighted by Gasteiger charge is 2.49. The molecule has 4 unspecified atom stereocenters. The van der Waals surface area contributed by atoms with Gasteiger partial charge in [-0.15, -0.1) is 0 Å². The van der Waals surface area contributed by atoms with E-state index in [2.05, 4.69) is 17.6 Å². The Bertz CT molecular complexity index is 990. The number of phenolic OH excluding ortho intramolecular Hbond substituents is 1. The first-order valence-corrected chi connectivity index (χ1v) is 12.9. The molecule has 0 saturated heterocycles. The third-order valence-corrected chi connectivity index (χ3v) is 6.24. The van der Waals surface area contributed by atoms with Gasteiger partial charge in [0.2, 0.25) is 17.7 Å². The Kier molecular flexibility index (Phi) is 10.3. The molecule has 10 heteroatoms. The number of alkyl carbamates (subject to hydrolysis) is 1. The summed E-state index contributed by atoms with van der Waals surface area (Å²) in [4.78, 5) is 53.4. The van der Waals surface area contributed by atoms with Crippen molar-refractivity contribution in [3.63, 3.8) is 0 Å². The van der Waals surface area contributed by atoms with E-state index in [-0.39, 0.29) is 23.3 Å². The van der Waals surface area contributed by atoms with Crippen LogP contribution in [0.5, 0.6) is 5.75 Å². The van der Waals surface area contributed by atoms with Crippen molar-refractivity contribution in [3.05, 3.63) is 29.3 Å². The lowest BCUT2D eigenvalue weighted by Crippen LogP contribution is -2.55. The molecule has 2 rings (SSSR count). The van der Waals surface area contributed by atoms with E-state index >= 15 is 0 Å². The first-order valence-electron chi connectivity index (χ1n) is 12.9. The van der Waals surface area contributed by atoms with Crippen LogP contribution in [-0.4, -0.2) is 58.1 Å². The monoisotopic (exact) mass is 518 g/mol. The van der Waals surface area contributed by atoms with Crippen LogP contribution in [0.15, 0.2) is 18.2 Å². The molecule has 1 saturated carbocycles. The van der Waals surface area contributed by atoms with Crippen LogP contribution in [0.4, 0.5) is 4.79 Å². The minimum absolute atomic E-state index is 0.0852. The summed E-state index contributed by atoms with van der Waals surface area (Å²) in [5.41, 5.74) is 5.41. The molecule has 0 radical (unpaired) electrons. The van der Waals surface area contributed by atoms with Gasteiger partial charge < -0.3 is 31.1 Å². The Hall–Kier alpha value is -3.30. The summed E-state index contributed by atoms with van der Waals surface area (Å²) >= 11 is 0. The van der Waals surface area contributed by atoms with Crippen molar-refractivity contribution in [1.82, 2.24) is 15.5 Å². The van der Waals surface area contributed by atoms with Crippen LogP contribution in [0.1, 0.15) is 83.9 Å². The molecule has 1 fully saturated rings. The normalized spacial score (nSPS) is 18.3. The first kappa shape index (κ1) is 29.9. The second-order valence-electron chi connectivity index (χ2n) is 10.8. The van der Waals surface area contributed by atoms with Crippen LogP contribution in [0.25, 0.3) is 0 Å². The number of aromatic hydroxyl groups is 1. The lowest BCUT2D eigenvalue weighted by molar-refractivity contribution is -0.144. The Morgan fingerprint density at radius 2 is 1.86 bits per heavy atom. The van der Waals surface area contributed by atoms with Crippen molar-refractivity contribution in [2.45, 2.75) is 97.4 Å². The van der Waals surface area contributed by atoms with Crippen LogP contribution in [0, 0.1) is 12.8 Å². The lowest BCUT2D eigenvalue weighted by Gasteiger charge is -2.35. The molecule has 1 aliphatic rings. The Morgan fingerprint density at radius 1 is 1.22 bits per heavy atom. The molecule has 1 aromatic rings. The van der Waals surface area contributed by atoms with Gasteiger partial charge in [0.15, 0.2) is 0 Å². The van der Waals surface area contributed by atoms with E-state index in [1.807, 2.05) is 6.92 Å². The van der Waals surface area contributed by atoms with Crippen molar-refractivity contribution in [3.8, 4) is 5.75 Å². The van der Waals surface area contributed by atoms with E-state index in [9.17, 15) is 24.3 Å². The van der Waals surface area contributed by atoms with Gasteiger partial charge in [-0.25, -0.2) is 4.79 Å². The standard InChI is InChI=1S/C27H42N4O6/c1-7-8-9-13-29-24(34)22(18-12-10-11-16(2)23(18)33)31(20-14-17(20)3)25(35)19(15-21(28)32)30-26(36)37-27(4,5)6/h10-12,17,19-20,22,33H,7-9,13-15H2,1-6H3,(H2,28,32)(H,29,34)(H,30,36). The van der Waals surface area contributed by atoms with Gasteiger partial charge in [-0.3, -0.25) is 14.4 Å². The van der Waals surface area contributed by atoms with E-state index in [0.717, 1.165) is 19.3 Å². The van der Waals surface area contributed by atoms with Gasteiger partial charge in [-0.2, -0.15) is 0 Å². The molecule has 0 spiro atoms. The number of hydrogen-bond donors (Lipinski definition) is 4. The summed E-state index contributed by atoms with van der Waals surface area (Å²) in [5, 5.41) is 16.3. The molecule has 206 valence electrons.